The number of hydrogen-bond acceptors (Lipinski definition) is 4. The van der Waals surface area contributed by atoms with Crippen LogP contribution in [0.5, 0.6) is 0 Å². The highest BCUT2D eigenvalue weighted by Crippen LogP contribution is 2.27. The van der Waals surface area contributed by atoms with E-state index in [-0.39, 0.29) is 5.91 Å². The molecule has 0 aromatic carbocycles. The van der Waals surface area contributed by atoms with Gasteiger partial charge >= 0.3 is 0 Å². The minimum absolute atomic E-state index is 0.231. The number of carbonyl (C=O) groups excluding carboxylic acids is 1. The molecule has 1 N–H and O–H groups in total. The van der Waals surface area contributed by atoms with Gasteiger partial charge in [0.2, 0.25) is 5.91 Å². The van der Waals surface area contributed by atoms with E-state index in [2.05, 4.69) is 10.2 Å². The molecule has 4 heterocycles. The van der Waals surface area contributed by atoms with Crippen molar-refractivity contribution in [3.8, 4) is 0 Å². The van der Waals surface area contributed by atoms with Gasteiger partial charge in [-0.15, -0.1) is 0 Å². The fourth-order valence-electron chi connectivity index (χ4n) is 3.34. The number of nitrogens with zero attached hydrogens (tertiary/aromatic N) is 2. The number of piperidine rings is 3. The largest absolute Gasteiger partial charge is 0.378 e. The first-order valence-electron chi connectivity index (χ1n) is 7.14. The van der Waals surface area contributed by atoms with Crippen LogP contribution in [0.3, 0.4) is 0 Å². The number of fused-ring (bicyclic) bond motifs is 3. The maximum absolute atomic E-state index is 12.0. The Balaban J connectivity index is 1.44. The van der Waals surface area contributed by atoms with Gasteiger partial charge in [-0.05, 0) is 31.8 Å². The second-order valence-corrected chi connectivity index (χ2v) is 5.62. The number of morpholine rings is 1. The van der Waals surface area contributed by atoms with Crippen LogP contribution in [0.25, 0.3) is 0 Å². The highest BCUT2D eigenvalue weighted by molar-refractivity contribution is 5.78. The number of nitrogens with one attached hydrogen (secondary N) is 1. The molecule has 5 nitrogen and oxygen atoms in total. The molecule has 1 atom stereocenters. The smallest absolute Gasteiger partial charge is 0.236 e. The Labute approximate surface area is 108 Å². The Morgan fingerprint density at radius 3 is 2.50 bits per heavy atom. The Morgan fingerprint density at radius 2 is 1.89 bits per heavy atom. The standard InChI is InChI=1S/C13H23N3O2/c17-13(16-5-7-18-8-6-16)9-14-12-10-15-3-1-11(12)2-4-15/h11-12,14H,1-10H2. The van der Waals surface area contributed by atoms with E-state index in [0.29, 0.717) is 25.8 Å². The predicted octanol–water partition coefficient (Wildman–Crippen LogP) is -0.471. The summed E-state index contributed by atoms with van der Waals surface area (Å²) in [5.74, 6) is 1.02. The van der Waals surface area contributed by atoms with Gasteiger partial charge in [-0.1, -0.05) is 0 Å². The molecule has 0 radical (unpaired) electrons. The lowest BCUT2D eigenvalue weighted by atomic mass is 9.84. The Bertz CT molecular complexity index is 297. The Morgan fingerprint density at radius 1 is 1.17 bits per heavy atom. The van der Waals surface area contributed by atoms with E-state index in [1.165, 1.54) is 25.9 Å². The van der Waals surface area contributed by atoms with E-state index in [1.54, 1.807) is 0 Å². The van der Waals surface area contributed by atoms with Crippen LogP contribution in [-0.4, -0.2) is 74.2 Å². The van der Waals surface area contributed by atoms with Gasteiger partial charge in [-0.2, -0.15) is 0 Å². The van der Waals surface area contributed by atoms with Crippen molar-refractivity contribution in [2.24, 2.45) is 5.92 Å². The molecule has 1 amide bonds. The third-order valence-electron chi connectivity index (χ3n) is 4.54. The van der Waals surface area contributed by atoms with Crippen LogP contribution in [0.1, 0.15) is 12.8 Å². The van der Waals surface area contributed by atoms with E-state index in [4.69, 9.17) is 4.74 Å². The molecule has 102 valence electrons. The average Bonchev–Trinajstić information content (AvgIpc) is 2.47. The van der Waals surface area contributed by atoms with Crippen molar-refractivity contribution in [3.63, 3.8) is 0 Å². The Hall–Kier alpha value is -0.650. The first-order chi connectivity index (χ1) is 8.83. The number of rotatable bonds is 3. The average molecular weight is 253 g/mol. The molecule has 0 aliphatic carbocycles. The molecule has 0 spiro atoms. The van der Waals surface area contributed by atoms with Crippen LogP contribution in [0.4, 0.5) is 0 Å². The minimum atomic E-state index is 0.231. The highest BCUT2D eigenvalue weighted by Gasteiger charge is 2.34. The second kappa shape index (κ2) is 5.55. The molecular weight excluding hydrogens is 230 g/mol. The fourth-order valence-corrected chi connectivity index (χ4v) is 3.34. The summed E-state index contributed by atoms with van der Waals surface area (Å²) in [5.41, 5.74) is 0. The zero-order chi connectivity index (χ0) is 12.4. The number of hydrogen-bond donors (Lipinski definition) is 1. The van der Waals surface area contributed by atoms with Gasteiger partial charge in [0.15, 0.2) is 0 Å². The number of ether oxygens (including phenoxy) is 1. The van der Waals surface area contributed by atoms with Crippen molar-refractivity contribution in [1.29, 1.82) is 0 Å². The van der Waals surface area contributed by atoms with Crippen molar-refractivity contribution >= 4 is 5.91 Å². The summed E-state index contributed by atoms with van der Waals surface area (Å²) in [6.45, 7) is 7.00. The quantitative estimate of drug-likeness (QED) is 0.738. The molecule has 18 heavy (non-hydrogen) atoms. The summed E-state index contributed by atoms with van der Waals surface area (Å²) in [6, 6.07) is 0.525. The van der Waals surface area contributed by atoms with Crippen LogP contribution in [0.15, 0.2) is 0 Å². The van der Waals surface area contributed by atoms with Crippen molar-refractivity contribution < 1.29 is 9.53 Å². The van der Waals surface area contributed by atoms with Crippen LogP contribution in [0.2, 0.25) is 0 Å². The maximum atomic E-state index is 12.0. The lowest BCUT2D eigenvalue weighted by Crippen LogP contribution is -2.57. The van der Waals surface area contributed by atoms with Gasteiger partial charge in [0.1, 0.15) is 0 Å². The first-order valence-corrected chi connectivity index (χ1v) is 7.14. The molecule has 4 aliphatic heterocycles. The van der Waals surface area contributed by atoms with Crippen LogP contribution in [0, 0.1) is 5.92 Å². The van der Waals surface area contributed by atoms with Crippen molar-refractivity contribution in [2.45, 2.75) is 18.9 Å². The summed E-state index contributed by atoms with van der Waals surface area (Å²) in [4.78, 5) is 16.5. The summed E-state index contributed by atoms with van der Waals surface area (Å²) < 4.78 is 5.26. The normalized spacial score (nSPS) is 35.8. The van der Waals surface area contributed by atoms with Gasteiger partial charge < -0.3 is 19.9 Å². The fraction of sp³-hybridized carbons (Fsp3) is 0.923. The monoisotopic (exact) mass is 253 g/mol. The molecule has 4 rings (SSSR count). The van der Waals surface area contributed by atoms with Gasteiger partial charge in [0.25, 0.3) is 0 Å². The molecule has 0 saturated carbocycles. The molecule has 0 aromatic heterocycles. The third kappa shape index (κ3) is 2.68. The molecule has 4 fully saturated rings. The van der Waals surface area contributed by atoms with Gasteiger partial charge in [-0.3, -0.25) is 4.79 Å². The SMILES string of the molecule is O=C(CNC1CN2CCC1CC2)N1CCOCC1. The molecule has 1 unspecified atom stereocenters. The lowest BCUT2D eigenvalue weighted by Gasteiger charge is -2.45. The third-order valence-corrected chi connectivity index (χ3v) is 4.54. The molecule has 4 aliphatic rings. The number of carbonyl (C=O) groups is 1. The first kappa shape index (κ1) is 12.4. The number of amides is 1. The summed E-state index contributed by atoms with van der Waals surface area (Å²) >= 11 is 0. The van der Waals surface area contributed by atoms with Gasteiger partial charge in [-0.25, -0.2) is 0 Å². The zero-order valence-corrected chi connectivity index (χ0v) is 10.9. The van der Waals surface area contributed by atoms with E-state index in [9.17, 15) is 4.79 Å². The van der Waals surface area contributed by atoms with Crippen molar-refractivity contribution in [2.75, 3.05) is 52.5 Å². The molecule has 4 saturated heterocycles. The van der Waals surface area contributed by atoms with Crippen LogP contribution in [-0.2, 0) is 9.53 Å². The topological polar surface area (TPSA) is 44.8 Å². The van der Waals surface area contributed by atoms with E-state index in [0.717, 1.165) is 25.6 Å². The molecule has 0 aromatic rings. The van der Waals surface area contributed by atoms with Gasteiger partial charge in [0.05, 0.1) is 19.8 Å². The van der Waals surface area contributed by atoms with Crippen molar-refractivity contribution in [1.82, 2.24) is 15.1 Å². The molecule has 2 bridgehead atoms. The lowest BCUT2D eigenvalue weighted by molar-refractivity contribution is -0.134. The van der Waals surface area contributed by atoms with E-state index >= 15 is 0 Å². The minimum Gasteiger partial charge on any atom is -0.378 e. The summed E-state index contributed by atoms with van der Waals surface area (Å²) in [6.07, 6.45) is 2.59. The van der Waals surface area contributed by atoms with E-state index in [1.807, 2.05) is 4.90 Å². The molecular formula is C13H23N3O2. The maximum Gasteiger partial charge on any atom is 0.236 e. The zero-order valence-electron chi connectivity index (χ0n) is 10.9. The second-order valence-electron chi connectivity index (χ2n) is 5.62. The predicted molar refractivity (Wildman–Crippen MR) is 68.4 cm³/mol. The van der Waals surface area contributed by atoms with E-state index < -0.39 is 0 Å². The van der Waals surface area contributed by atoms with Gasteiger partial charge in [0, 0.05) is 25.7 Å². The summed E-state index contributed by atoms with van der Waals surface area (Å²) in [5, 5.41) is 3.48. The molecule has 5 heteroatoms. The highest BCUT2D eigenvalue weighted by atomic mass is 16.5. The Kier molecular flexibility index (Phi) is 3.82. The van der Waals surface area contributed by atoms with Crippen molar-refractivity contribution in [3.05, 3.63) is 0 Å². The van der Waals surface area contributed by atoms with Crippen LogP contribution >= 0.6 is 0 Å². The van der Waals surface area contributed by atoms with Crippen LogP contribution < -0.4 is 5.32 Å². The summed E-state index contributed by atoms with van der Waals surface area (Å²) in [7, 11) is 0.